The number of anilines is 1. The van der Waals surface area contributed by atoms with Crippen molar-refractivity contribution in [1.82, 2.24) is 5.27 Å². The van der Waals surface area contributed by atoms with E-state index in [0.29, 0.717) is 19.1 Å². The van der Waals surface area contributed by atoms with E-state index in [1.807, 2.05) is 5.01 Å². The van der Waals surface area contributed by atoms with Gasteiger partial charge in [0.1, 0.15) is 0 Å². The highest BCUT2D eigenvalue weighted by atomic mass is 16.5. The molecule has 1 aliphatic rings. The minimum Gasteiger partial charge on any atom is -0.377 e. The summed E-state index contributed by atoms with van der Waals surface area (Å²) in [7, 11) is 0. The first-order chi connectivity index (χ1) is 7.25. The molecule has 1 amide bonds. The number of nitrogens with one attached hydrogen (secondary N) is 1. The topological polar surface area (TPSA) is 71.5 Å². The van der Waals surface area contributed by atoms with Crippen LogP contribution in [-0.2, 0) is 9.53 Å². The molecule has 0 aliphatic carbocycles. The first-order valence-corrected chi connectivity index (χ1v) is 4.75. The van der Waals surface area contributed by atoms with Crippen molar-refractivity contribution < 1.29 is 18.8 Å². The van der Waals surface area contributed by atoms with Crippen molar-refractivity contribution >= 4 is 11.8 Å². The highest BCUT2D eigenvalue weighted by Crippen LogP contribution is 2.00. The van der Waals surface area contributed by atoms with Gasteiger partial charge in [0.05, 0.1) is 31.1 Å². The Kier molecular flexibility index (Phi) is 2.82. The highest BCUT2D eigenvalue weighted by Gasteiger charge is 2.22. The summed E-state index contributed by atoms with van der Waals surface area (Å²) in [6.45, 7) is 4.29. The van der Waals surface area contributed by atoms with Crippen LogP contribution in [-0.4, -0.2) is 37.5 Å². The van der Waals surface area contributed by atoms with Crippen molar-refractivity contribution in [2.75, 3.05) is 36.6 Å². The Bertz CT molecular complexity index is 345. The second-order valence-electron chi connectivity index (χ2n) is 3.23. The SMILES string of the molecule is CC(=O)Nc1c[n+](N2CCOCC2)no1. The lowest BCUT2D eigenvalue weighted by molar-refractivity contribution is -0.759. The molecule has 0 saturated carbocycles. The molecule has 1 saturated heterocycles. The van der Waals surface area contributed by atoms with E-state index >= 15 is 0 Å². The van der Waals surface area contributed by atoms with E-state index in [4.69, 9.17) is 9.26 Å². The Balaban J connectivity index is 2.02. The number of amides is 1. The van der Waals surface area contributed by atoms with E-state index < -0.39 is 0 Å². The molecule has 1 aromatic heterocycles. The molecule has 0 unspecified atom stereocenters. The van der Waals surface area contributed by atoms with Crippen LogP contribution in [0.15, 0.2) is 10.7 Å². The first-order valence-electron chi connectivity index (χ1n) is 4.75. The molecule has 1 aliphatic heterocycles. The van der Waals surface area contributed by atoms with Gasteiger partial charge in [-0.1, -0.05) is 0 Å². The summed E-state index contributed by atoms with van der Waals surface area (Å²) in [5.74, 6) is 0.161. The fraction of sp³-hybridized carbons (Fsp3) is 0.625. The highest BCUT2D eigenvalue weighted by molar-refractivity contribution is 5.86. The van der Waals surface area contributed by atoms with E-state index in [0.717, 1.165) is 13.1 Å². The average Bonchev–Trinajstić information content (AvgIpc) is 2.67. The monoisotopic (exact) mass is 213 g/mol. The van der Waals surface area contributed by atoms with E-state index in [-0.39, 0.29) is 5.91 Å². The van der Waals surface area contributed by atoms with Gasteiger partial charge in [-0.05, 0) is 0 Å². The molecule has 0 spiro atoms. The molecule has 1 fully saturated rings. The standard InChI is InChI=1S/C8H12N4O3/c1-7(13)9-8-6-12(10-15-8)11-2-4-14-5-3-11/h6H,2-5H2,1H3/p+1. The van der Waals surface area contributed by atoms with E-state index in [1.54, 1.807) is 11.0 Å². The van der Waals surface area contributed by atoms with Gasteiger partial charge in [0, 0.05) is 6.92 Å². The summed E-state index contributed by atoms with van der Waals surface area (Å²) in [5, 5.41) is 8.28. The summed E-state index contributed by atoms with van der Waals surface area (Å²) < 4.78 is 10.1. The predicted octanol–water partition coefficient (Wildman–Crippen LogP) is -1.11. The van der Waals surface area contributed by atoms with Crippen LogP contribution >= 0.6 is 0 Å². The van der Waals surface area contributed by atoms with Crippen LogP contribution in [0.1, 0.15) is 6.92 Å². The van der Waals surface area contributed by atoms with Gasteiger partial charge < -0.3 is 4.74 Å². The van der Waals surface area contributed by atoms with E-state index in [1.165, 1.54) is 6.92 Å². The van der Waals surface area contributed by atoms with Gasteiger partial charge in [0.2, 0.25) is 11.2 Å². The average molecular weight is 213 g/mol. The van der Waals surface area contributed by atoms with Crippen molar-refractivity contribution in [2.24, 2.45) is 0 Å². The minimum absolute atomic E-state index is 0.180. The van der Waals surface area contributed by atoms with Gasteiger partial charge in [-0.2, -0.15) is 0 Å². The second-order valence-corrected chi connectivity index (χ2v) is 3.23. The lowest BCUT2D eigenvalue weighted by Gasteiger charge is -2.18. The fourth-order valence-corrected chi connectivity index (χ4v) is 1.36. The molecular weight excluding hydrogens is 200 g/mol. The molecule has 1 N–H and O–H groups in total. The van der Waals surface area contributed by atoms with Gasteiger partial charge in [0.25, 0.3) is 6.20 Å². The first kappa shape index (κ1) is 9.91. The van der Waals surface area contributed by atoms with Gasteiger partial charge in [0.15, 0.2) is 0 Å². The number of rotatable bonds is 2. The third kappa shape index (κ3) is 2.44. The molecule has 82 valence electrons. The molecule has 0 aromatic carbocycles. The van der Waals surface area contributed by atoms with Gasteiger partial charge in [-0.3, -0.25) is 14.6 Å². The lowest BCUT2D eigenvalue weighted by atomic mass is 10.5. The molecule has 0 bridgehead atoms. The third-order valence-electron chi connectivity index (χ3n) is 2.03. The van der Waals surface area contributed by atoms with Crippen LogP contribution in [0.5, 0.6) is 0 Å². The summed E-state index contributed by atoms with van der Waals surface area (Å²) in [4.78, 5) is 12.3. The molecule has 0 atom stereocenters. The van der Waals surface area contributed by atoms with Crippen LogP contribution in [0.2, 0.25) is 0 Å². The quantitative estimate of drug-likeness (QED) is 0.631. The number of morpholine rings is 1. The fourth-order valence-electron chi connectivity index (χ4n) is 1.36. The van der Waals surface area contributed by atoms with Crippen LogP contribution < -0.4 is 15.1 Å². The Labute approximate surface area is 86.5 Å². The maximum Gasteiger partial charge on any atom is 0.305 e. The maximum atomic E-state index is 10.8. The summed E-state index contributed by atoms with van der Waals surface area (Å²) in [6, 6.07) is 0. The van der Waals surface area contributed by atoms with Gasteiger partial charge in [-0.15, -0.1) is 5.01 Å². The largest absolute Gasteiger partial charge is 0.377 e. The smallest absolute Gasteiger partial charge is 0.305 e. The summed E-state index contributed by atoms with van der Waals surface area (Å²) in [6.07, 6.45) is 1.63. The van der Waals surface area contributed by atoms with Crippen molar-refractivity contribution in [1.29, 1.82) is 0 Å². The number of hydrogen-bond donors (Lipinski definition) is 1. The molecule has 2 heterocycles. The molecule has 15 heavy (non-hydrogen) atoms. The third-order valence-corrected chi connectivity index (χ3v) is 2.03. The summed E-state index contributed by atoms with van der Waals surface area (Å²) >= 11 is 0. The predicted molar refractivity (Wildman–Crippen MR) is 49.8 cm³/mol. The van der Waals surface area contributed by atoms with Crippen LogP contribution in [0.25, 0.3) is 0 Å². The number of hydrogen-bond acceptors (Lipinski definition) is 5. The molecule has 1 aromatic rings. The zero-order valence-electron chi connectivity index (χ0n) is 8.47. The Morgan fingerprint density at radius 2 is 2.33 bits per heavy atom. The van der Waals surface area contributed by atoms with Crippen molar-refractivity contribution in [2.45, 2.75) is 6.92 Å². The van der Waals surface area contributed by atoms with Gasteiger partial charge in [-0.25, -0.2) is 0 Å². The summed E-state index contributed by atoms with van der Waals surface area (Å²) in [5.41, 5.74) is 0. The van der Waals surface area contributed by atoms with E-state index in [2.05, 4.69) is 10.6 Å². The Hall–Kier alpha value is -1.63. The van der Waals surface area contributed by atoms with Crippen molar-refractivity contribution in [3.05, 3.63) is 6.20 Å². The Morgan fingerprint density at radius 3 is 3.00 bits per heavy atom. The maximum absolute atomic E-state index is 10.8. The molecular formula is C8H13N4O3+. The number of carbonyl (C=O) groups is 1. The second kappa shape index (κ2) is 4.26. The zero-order valence-corrected chi connectivity index (χ0v) is 8.47. The zero-order chi connectivity index (χ0) is 10.7. The minimum atomic E-state index is -0.180. The molecule has 0 radical (unpaired) electrons. The van der Waals surface area contributed by atoms with E-state index in [9.17, 15) is 4.79 Å². The molecule has 2 rings (SSSR count). The van der Waals surface area contributed by atoms with Crippen LogP contribution in [0.3, 0.4) is 0 Å². The number of nitrogens with zero attached hydrogens (tertiary/aromatic N) is 3. The number of aromatic nitrogens is 2. The lowest BCUT2D eigenvalue weighted by Crippen LogP contribution is -2.62. The number of carbonyl (C=O) groups excluding carboxylic acids is 1. The van der Waals surface area contributed by atoms with Crippen molar-refractivity contribution in [3.8, 4) is 0 Å². The normalized spacial score (nSPS) is 16.5. The molecule has 7 heteroatoms. The van der Waals surface area contributed by atoms with Gasteiger partial charge >= 0.3 is 5.88 Å². The molecule has 7 nitrogen and oxygen atoms in total. The van der Waals surface area contributed by atoms with Crippen LogP contribution in [0, 0.1) is 0 Å². The Morgan fingerprint density at radius 1 is 1.60 bits per heavy atom. The van der Waals surface area contributed by atoms with Crippen LogP contribution in [0.4, 0.5) is 5.88 Å². The number of ether oxygens (including phenoxy) is 1. The van der Waals surface area contributed by atoms with Crippen molar-refractivity contribution in [3.63, 3.8) is 0 Å².